The van der Waals surface area contributed by atoms with Crippen LogP contribution < -0.4 is 0 Å². The molecule has 2 aromatic rings. The van der Waals surface area contributed by atoms with Crippen LogP contribution in [0.1, 0.15) is 47.6 Å². The molecule has 1 aromatic heterocycles. The van der Waals surface area contributed by atoms with E-state index in [1.807, 2.05) is 36.4 Å². The average molecular weight is 355 g/mol. The Kier molecular flexibility index (Phi) is 5.84. The molecule has 0 amide bonds. The second-order valence-electron chi connectivity index (χ2n) is 6.23. The summed E-state index contributed by atoms with van der Waals surface area (Å²) in [5.74, 6) is -0.364. The van der Waals surface area contributed by atoms with Crippen LogP contribution in [0.2, 0.25) is 0 Å². The van der Waals surface area contributed by atoms with Crippen LogP contribution in [0.3, 0.4) is 0 Å². The highest BCUT2D eigenvalue weighted by molar-refractivity contribution is 5.86. The highest BCUT2D eigenvalue weighted by Crippen LogP contribution is 2.30. The first kappa shape index (κ1) is 17.9. The molecule has 0 unspecified atom stereocenters. The van der Waals surface area contributed by atoms with Gasteiger partial charge < -0.3 is 13.9 Å². The maximum absolute atomic E-state index is 12.2. The van der Waals surface area contributed by atoms with Gasteiger partial charge in [0.1, 0.15) is 12.9 Å². The molecule has 0 saturated heterocycles. The van der Waals surface area contributed by atoms with Gasteiger partial charge >= 0.3 is 11.9 Å². The zero-order chi connectivity index (χ0) is 18.4. The topological polar surface area (TPSA) is 78.6 Å². The predicted octanol–water partition coefficient (Wildman–Crippen LogP) is 3.78. The smallest absolute Gasteiger partial charge is 0.360 e. The number of aromatic nitrogens is 1. The van der Waals surface area contributed by atoms with E-state index in [4.69, 9.17) is 9.15 Å². The fourth-order valence-electron chi connectivity index (χ4n) is 2.94. The van der Waals surface area contributed by atoms with Gasteiger partial charge in [-0.1, -0.05) is 35.9 Å². The normalized spacial score (nSPS) is 16.8. The number of methoxy groups -OCH3 is 1. The Hall–Kier alpha value is -2.89. The molecule has 1 heterocycles. The lowest BCUT2D eigenvalue weighted by Gasteiger charge is -2.22. The van der Waals surface area contributed by atoms with Crippen LogP contribution in [-0.4, -0.2) is 24.0 Å². The molecule has 136 valence electrons. The molecule has 6 nitrogen and oxygen atoms in total. The Balaban J connectivity index is 1.49. The minimum Gasteiger partial charge on any atom is -0.464 e. The molecule has 3 rings (SSSR count). The summed E-state index contributed by atoms with van der Waals surface area (Å²) in [4.78, 5) is 27.7. The first-order chi connectivity index (χ1) is 12.7. The van der Waals surface area contributed by atoms with E-state index in [1.165, 1.54) is 13.4 Å². The molecule has 0 atom stereocenters. The van der Waals surface area contributed by atoms with Crippen LogP contribution in [0, 0.1) is 5.92 Å². The molecule has 1 fully saturated rings. The summed E-state index contributed by atoms with van der Waals surface area (Å²) in [7, 11) is 1.30. The molecular formula is C20H21NO5. The number of carbonyl (C=O) groups is 2. The van der Waals surface area contributed by atoms with Crippen molar-refractivity contribution >= 4 is 18.0 Å². The van der Waals surface area contributed by atoms with Crippen molar-refractivity contribution < 1.29 is 23.5 Å². The van der Waals surface area contributed by atoms with Crippen LogP contribution in [-0.2, 0) is 20.9 Å². The molecular weight excluding hydrogens is 334 g/mol. The van der Waals surface area contributed by atoms with Gasteiger partial charge in [0.05, 0.1) is 13.0 Å². The lowest BCUT2D eigenvalue weighted by Crippen LogP contribution is -2.21. The fraction of sp³-hybridized carbons (Fsp3) is 0.350. The minimum atomic E-state index is -0.525. The highest BCUT2D eigenvalue weighted by Gasteiger charge is 2.25. The third-order valence-electron chi connectivity index (χ3n) is 4.43. The van der Waals surface area contributed by atoms with Crippen molar-refractivity contribution in [3.05, 3.63) is 59.3 Å². The molecule has 0 spiro atoms. The Morgan fingerprint density at radius 3 is 2.65 bits per heavy atom. The Labute approximate surface area is 151 Å². The minimum absolute atomic E-state index is 0.0777. The van der Waals surface area contributed by atoms with E-state index >= 15 is 0 Å². The summed E-state index contributed by atoms with van der Waals surface area (Å²) in [5, 5.41) is 0. The number of hydrogen-bond donors (Lipinski definition) is 0. The van der Waals surface area contributed by atoms with Crippen LogP contribution >= 0.6 is 0 Å². The van der Waals surface area contributed by atoms with Crippen LogP contribution in [0.15, 0.2) is 46.6 Å². The molecule has 0 bridgehead atoms. The van der Waals surface area contributed by atoms with E-state index in [2.05, 4.69) is 9.72 Å². The number of rotatable bonds is 5. The third kappa shape index (κ3) is 4.59. The van der Waals surface area contributed by atoms with E-state index in [9.17, 15) is 9.59 Å². The fourth-order valence-corrected chi connectivity index (χ4v) is 2.94. The van der Waals surface area contributed by atoms with Gasteiger partial charge in [-0.3, -0.25) is 4.79 Å². The summed E-state index contributed by atoms with van der Waals surface area (Å²) in [6.07, 6.45) is 6.15. The van der Waals surface area contributed by atoms with Crippen molar-refractivity contribution in [1.29, 1.82) is 0 Å². The zero-order valence-corrected chi connectivity index (χ0v) is 14.6. The Bertz CT molecular complexity index is 784. The second-order valence-corrected chi connectivity index (χ2v) is 6.23. The summed E-state index contributed by atoms with van der Waals surface area (Å²) >= 11 is 0. The maximum atomic E-state index is 12.2. The molecule has 1 saturated carbocycles. The first-order valence-electron chi connectivity index (χ1n) is 8.59. The monoisotopic (exact) mass is 355 g/mol. The van der Waals surface area contributed by atoms with Crippen molar-refractivity contribution in [3.8, 4) is 0 Å². The van der Waals surface area contributed by atoms with Crippen LogP contribution in [0.4, 0.5) is 0 Å². The number of esters is 2. The van der Waals surface area contributed by atoms with Gasteiger partial charge in [0.25, 0.3) is 0 Å². The van der Waals surface area contributed by atoms with E-state index < -0.39 is 5.97 Å². The summed E-state index contributed by atoms with van der Waals surface area (Å²) in [6.45, 7) is 0.311. The molecule has 26 heavy (non-hydrogen) atoms. The maximum Gasteiger partial charge on any atom is 0.360 e. The van der Waals surface area contributed by atoms with Gasteiger partial charge in [-0.25, -0.2) is 9.78 Å². The summed E-state index contributed by atoms with van der Waals surface area (Å²) in [5.41, 5.74) is 2.29. The van der Waals surface area contributed by atoms with E-state index in [1.54, 1.807) is 0 Å². The number of benzene rings is 1. The second kappa shape index (κ2) is 8.47. The number of allylic oxidation sites excluding steroid dienone is 1. The number of hydrogen-bond acceptors (Lipinski definition) is 6. The van der Waals surface area contributed by atoms with Gasteiger partial charge in [0, 0.05) is 0 Å². The first-order valence-corrected chi connectivity index (χ1v) is 8.59. The quantitative estimate of drug-likeness (QED) is 0.760. The van der Waals surface area contributed by atoms with Gasteiger partial charge in [-0.2, -0.15) is 0 Å². The molecule has 1 aliphatic rings. The zero-order valence-electron chi connectivity index (χ0n) is 14.6. The molecule has 1 aliphatic carbocycles. The van der Waals surface area contributed by atoms with Gasteiger partial charge in [-0.05, 0) is 37.3 Å². The molecule has 6 heteroatoms. The van der Waals surface area contributed by atoms with Crippen LogP contribution in [0.5, 0.6) is 0 Å². The Morgan fingerprint density at radius 1 is 1.23 bits per heavy atom. The van der Waals surface area contributed by atoms with Gasteiger partial charge in [0.2, 0.25) is 5.89 Å². The lowest BCUT2D eigenvalue weighted by atomic mass is 9.85. The molecule has 0 aliphatic heterocycles. The Morgan fingerprint density at radius 2 is 1.96 bits per heavy atom. The number of oxazole rings is 1. The van der Waals surface area contributed by atoms with Crippen molar-refractivity contribution in [1.82, 2.24) is 4.98 Å². The summed E-state index contributed by atoms with van der Waals surface area (Å²) in [6, 6.07) is 9.66. The highest BCUT2D eigenvalue weighted by atomic mass is 16.5. The van der Waals surface area contributed by atoms with Crippen LogP contribution in [0.25, 0.3) is 6.08 Å². The van der Waals surface area contributed by atoms with Crippen molar-refractivity contribution in [2.45, 2.75) is 32.3 Å². The van der Waals surface area contributed by atoms with Crippen molar-refractivity contribution in [2.75, 3.05) is 7.11 Å². The van der Waals surface area contributed by atoms with E-state index in [-0.39, 0.29) is 17.6 Å². The van der Waals surface area contributed by atoms with E-state index in [0.717, 1.165) is 36.8 Å². The van der Waals surface area contributed by atoms with Gasteiger partial charge in [-0.15, -0.1) is 0 Å². The number of ether oxygens (including phenoxy) is 2. The van der Waals surface area contributed by atoms with Crippen molar-refractivity contribution in [3.63, 3.8) is 0 Å². The third-order valence-corrected chi connectivity index (χ3v) is 4.43. The SMILES string of the molecule is COC(=O)c1coc(C=C2CCC(C(=O)OCc3ccccc3)CC2)n1. The summed E-state index contributed by atoms with van der Waals surface area (Å²) < 4.78 is 15.3. The largest absolute Gasteiger partial charge is 0.464 e. The standard InChI is InChI=1S/C20H21NO5/c1-24-20(23)17-13-25-18(21-17)11-14-7-9-16(10-8-14)19(22)26-12-15-5-3-2-4-6-15/h2-6,11,13,16H,7-10,12H2,1H3. The molecule has 0 N–H and O–H groups in total. The predicted molar refractivity (Wildman–Crippen MR) is 94.0 cm³/mol. The lowest BCUT2D eigenvalue weighted by molar-refractivity contribution is -0.150. The van der Waals surface area contributed by atoms with Crippen molar-refractivity contribution in [2.24, 2.45) is 5.92 Å². The number of nitrogens with zero attached hydrogens (tertiary/aromatic N) is 1. The van der Waals surface area contributed by atoms with Gasteiger partial charge in [0.15, 0.2) is 5.69 Å². The van der Waals surface area contributed by atoms with E-state index in [0.29, 0.717) is 12.5 Å². The number of carbonyl (C=O) groups excluding carboxylic acids is 2. The average Bonchev–Trinajstić information content (AvgIpc) is 3.15. The molecule has 1 aromatic carbocycles. The molecule has 0 radical (unpaired) electrons.